The number of thiocarbonyl (C=S) groups is 1. The van der Waals surface area contributed by atoms with Gasteiger partial charge in [0.2, 0.25) is 5.91 Å². The average molecular weight is 471 g/mol. The van der Waals surface area contributed by atoms with E-state index < -0.39 is 5.97 Å². The number of aliphatic carboxylic acids is 1. The van der Waals surface area contributed by atoms with Crippen molar-refractivity contribution < 1.29 is 24.6 Å². The van der Waals surface area contributed by atoms with Gasteiger partial charge in [0, 0.05) is 36.5 Å². The van der Waals surface area contributed by atoms with Crippen LogP contribution in [0.25, 0.3) is 6.08 Å². The van der Waals surface area contributed by atoms with Gasteiger partial charge in [-0.3, -0.25) is 19.3 Å². The summed E-state index contributed by atoms with van der Waals surface area (Å²) < 4.78 is 0.462. The van der Waals surface area contributed by atoms with E-state index in [0.717, 1.165) is 6.42 Å². The molecule has 2 rings (SSSR count). The standard InChI is InChI=1S/C20H23ClN2O5S2/c21-14-7-8-15(24)13(11-14)12-16-19(28)23(20(29)30-16)10-3-1-2-5-17(25)22-9-4-6-18(26)27/h7-8,11-12,24H,1-6,9-10H2,(H,22,25)(H,26,27)/b16-12-. The van der Waals surface area contributed by atoms with Gasteiger partial charge in [-0.15, -0.1) is 0 Å². The molecule has 0 atom stereocenters. The SMILES string of the molecule is O=C(O)CCCNC(=O)CCCCCN1C(=O)/C(=C/c2cc(Cl)ccc2O)SC1=S. The largest absolute Gasteiger partial charge is 0.507 e. The summed E-state index contributed by atoms with van der Waals surface area (Å²) in [6.45, 7) is 0.819. The number of hydrogen-bond donors (Lipinski definition) is 3. The number of halogens is 1. The number of rotatable bonds is 11. The second-order valence-electron chi connectivity index (χ2n) is 6.69. The van der Waals surface area contributed by atoms with Crippen LogP contribution >= 0.6 is 35.6 Å². The maximum absolute atomic E-state index is 12.6. The van der Waals surface area contributed by atoms with Crippen molar-refractivity contribution >= 4 is 63.8 Å². The fourth-order valence-corrected chi connectivity index (χ4v) is 4.24. The minimum absolute atomic E-state index is 0.0332. The average Bonchev–Trinajstić information content (AvgIpc) is 2.95. The van der Waals surface area contributed by atoms with Crippen molar-refractivity contribution in [3.05, 3.63) is 33.7 Å². The van der Waals surface area contributed by atoms with Gasteiger partial charge in [-0.2, -0.15) is 0 Å². The number of carboxylic acids is 1. The number of nitrogens with one attached hydrogen (secondary N) is 1. The molecule has 1 saturated heterocycles. The van der Waals surface area contributed by atoms with Gasteiger partial charge >= 0.3 is 5.97 Å². The van der Waals surface area contributed by atoms with Crippen molar-refractivity contribution in [3.63, 3.8) is 0 Å². The monoisotopic (exact) mass is 470 g/mol. The molecule has 0 aliphatic carbocycles. The number of carbonyl (C=O) groups excluding carboxylic acids is 2. The van der Waals surface area contributed by atoms with E-state index in [-0.39, 0.29) is 24.0 Å². The molecule has 1 aliphatic rings. The lowest BCUT2D eigenvalue weighted by atomic mass is 10.1. The van der Waals surface area contributed by atoms with E-state index in [1.165, 1.54) is 22.7 Å². The van der Waals surface area contributed by atoms with Crippen LogP contribution in [-0.2, 0) is 14.4 Å². The van der Waals surface area contributed by atoms with Crippen molar-refractivity contribution in [3.8, 4) is 5.75 Å². The summed E-state index contributed by atoms with van der Waals surface area (Å²) >= 11 is 12.4. The number of phenolic OH excluding ortho intramolecular Hbond substituents is 1. The number of hydrogen-bond acceptors (Lipinski definition) is 6. The molecule has 3 N–H and O–H groups in total. The molecule has 30 heavy (non-hydrogen) atoms. The smallest absolute Gasteiger partial charge is 0.303 e. The molecule has 0 spiro atoms. The van der Waals surface area contributed by atoms with Crippen LogP contribution in [0.2, 0.25) is 5.02 Å². The highest BCUT2D eigenvalue weighted by Gasteiger charge is 2.31. The van der Waals surface area contributed by atoms with Crippen molar-refractivity contribution in [2.75, 3.05) is 13.1 Å². The summed E-state index contributed by atoms with van der Waals surface area (Å²) in [5.41, 5.74) is 0.456. The van der Waals surface area contributed by atoms with E-state index in [4.69, 9.17) is 28.9 Å². The van der Waals surface area contributed by atoms with Crippen molar-refractivity contribution in [2.45, 2.75) is 38.5 Å². The van der Waals surface area contributed by atoms with Gasteiger partial charge < -0.3 is 15.5 Å². The van der Waals surface area contributed by atoms with Crippen LogP contribution in [0, 0.1) is 0 Å². The topological polar surface area (TPSA) is 107 Å². The van der Waals surface area contributed by atoms with E-state index in [2.05, 4.69) is 5.32 Å². The van der Waals surface area contributed by atoms with Gasteiger partial charge in [-0.05, 0) is 43.5 Å². The highest BCUT2D eigenvalue weighted by atomic mass is 35.5. The number of nitrogens with zero attached hydrogens (tertiary/aromatic N) is 1. The molecule has 1 aliphatic heterocycles. The Balaban J connectivity index is 1.73. The Morgan fingerprint density at radius 2 is 1.97 bits per heavy atom. The lowest BCUT2D eigenvalue weighted by Crippen LogP contribution is -2.29. The molecule has 0 bridgehead atoms. The van der Waals surface area contributed by atoms with E-state index >= 15 is 0 Å². The Hall–Kier alpha value is -2.10. The molecule has 0 radical (unpaired) electrons. The van der Waals surface area contributed by atoms with E-state index in [0.29, 0.717) is 58.6 Å². The summed E-state index contributed by atoms with van der Waals surface area (Å²) in [5.74, 6) is -1.15. The zero-order valence-electron chi connectivity index (χ0n) is 16.2. The third-order valence-electron chi connectivity index (χ3n) is 4.32. The first kappa shape index (κ1) is 24.2. The second-order valence-corrected chi connectivity index (χ2v) is 8.81. The van der Waals surface area contributed by atoms with Gasteiger partial charge in [0.15, 0.2) is 0 Å². The summed E-state index contributed by atoms with van der Waals surface area (Å²) in [6.07, 6.45) is 4.52. The third kappa shape index (κ3) is 7.62. The third-order valence-corrected chi connectivity index (χ3v) is 5.94. The minimum Gasteiger partial charge on any atom is -0.507 e. The molecule has 0 unspecified atom stereocenters. The van der Waals surface area contributed by atoms with Crippen molar-refractivity contribution in [1.82, 2.24) is 10.2 Å². The molecular formula is C20H23ClN2O5S2. The Morgan fingerprint density at radius 1 is 1.20 bits per heavy atom. The predicted octanol–water partition coefficient (Wildman–Crippen LogP) is 3.79. The molecule has 1 heterocycles. The molecule has 162 valence electrons. The number of thioether (sulfide) groups is 1. The fourth-order valence-electron chi connectivity index (χ4n) is 2.76. The van der Waals surface area contributed by atoms with Crippen LogP contribution in [0.1, 0.15) is 44.1 Å². The first-order valence-electron chi connectivity index (χ1n) is 9.50. The molecule has 1 aromatic carbocycles. The lowest BCUT2D eigenvalue weighted by Gasteiger charge is -2.14. The normalized spacial score (nSPS) is 15.1. The number of carbonyl (C=O) groups is 3. The van der Waals surface area contributed by atoms with Gasteiger partial charge in [0.1, 0.15) is 10.1 Å². The highest BCUT2D eigenvalue weighted by molar-refractivity contribution is 8.26. The first-order valence-corrected chi connectivity index (χ1v) is 11.1. The summed E-state index contributed by atoms with van der Waals surface area (Å²) in [4.78, 5) is 36.7. The van der Waals surface area contributed by atoms with E-state index in [9.17, 15) is 19.5 Å². The Kier molecular flexibility index (Phi) is 9.61. The Bertz CT molecular complexity index is 860. The number of carboxylic acid groups (broad SMARTS) is 1. The number of aromatic hydroxyl groups is 1. The lowest BCUT2D eigenvalue weighted by molar-refractivity contribution is -0.137. The van der Waals surface area contributed by atoms with Gasteiger partial charge in [0.05, 0.1) is 4.91 Å². The zero-order chi connectivity index (χ0) is 22.1. The van der Waals surface area contributed by atoms with Crippen LogP contribution in [0.15, 0.2) is 23.1 Å². The van der Waals surface area contributed by atoms with Gasteiger partial charge in [-0.1, -0.05) is 42.0 Å². The quantitative estimate of drug-likeness (QED) is 0.256. The number of phenols is 1. The van der Waals surface area contributed by atoms with Crippen molar-refractivity contribution in [2.24, 2.45) is 0 Å². The van der Waals surface area contributed by atoms with Crippen LogP contribution in [-0.4, -0.2) is 50.3 Å². The molecule has 0 aromatic heterocycles. The molecule has 0 saturated carbocycles. The molecule has 1 aromatic rings. The number of amides is 2. The molecule has 1 fully saturated rings. The summed E-state index contributed by atoms with van der Waals surface area (Å²) in [6, 6.07) is 4.61. The Labute approximate surface area is 189 Å². The number of unbranched alkanes of at least 4 members (excludes halogenated alkanes) is 2. The Morgan fingerprint density at radius 3 is 2.70 bits per heavy atom. The molecular weight excluding hydrogens is 448 g/mol. The minimum atomic E-state index is -0.876. The predicted molar refractivity (Wildman–Crippen MR) is 121 cm³/mol. The maximum Gasteiger partial charge on any atom is 0.303 e. The molecule has 2 amide bonds. The molecule has 10 heteroatoms. The number of benzene rings is 1. The van der Waals surface area contributed by atoms with Crippen LogP contribution in [0.3, 0.4) is 0 Å². The van der Waals surface area contributed by atoms with Gasteiger partial charge in [0.25, 0.3) is 5.91 Å². The van der Waals surface area contributed by atoms with Crippen molar-refractivity contribution in [1.29, 1.82) is 0 Å². The van der Waals surface area contributed by atoms with Crippen LogP contribution < -0.4 is 5.32 Å². The van der Waals surface area contributed by atoms with Crippen LogP contribution in [0.5, 0.6) is 5.75 Å². The van der Waals surface area contributed by atoms with E-state index in [1.54, 1.807) is 18.2 Å². The van der Waals surface area contributed by atoms with Crippen LogP contribution in [0.4, 0.5) is 0 Å². The highest BCUT2D eigenvalue weighted by Crippen LogP contribution is 2.34. The van der Waals surface area contributed by atoms with E-state index in [1.807, 2.05) is 0 Å². The summed E-state index contributed by atoms with van der Waals surface area (Å²) in [5, 5.41) is 21.6. The zero-order valence-corrected chi connectivity index (χ0v) is 18.6. The summed E-state index contributed by atoms with van der Waals surface area (Å²) in [7, 11) is 0. The molecule has 7 nitrogen and oxygen atoms in total. The first-order chi connectivity index (χ1) is 14.3. The second kappa shape index (κ2) is 11.9. The van der Waals surface area contributed by atoms with Gasteiger partial charge in [-0.25, -0.2) is 0 Å². The maximum atomic E-state index is 12.6. The fraction of sp³-hybridized carbons (Fsp3) is 0.400.